The summed E-state index contributed by atoms with van der Waals surface area (Å²) in [5.41, 5.74) is 1.22. The molecule has 1 fully saturated rings. The topological polar surface area (TPSA) is 19.4 Å². The summed E-state index contributed by atoms with van der Waals surface area (Å²) in [6.07, 6.45) is 3.72. The Bertz CT molecular complexity index is 257. The number of aromatic nitrogens is 1. The molecule has 1 aliphatic rings. The average Bonchev–Trinajstić information content (AvgIpc) is 2.20. The van der Waals surface area contributed by atoms with E-state index in [0.29, 0.717) is 0 Å². The van der Waals surface area contributed by atoms with Crippen molar-refractivity contribution in [3.05, 3.63) is 31.6 Å². The molecule has 2 heterocycles. The van der Waals surface area contributed by atoms with Gasteiger partial charge in [-0.1, -0.05) is 0 Å². The van der Waals surface area contributed by atoms with E-state index < -0.39 is 0 Å². The van der Waals surface area contributed by atoms with Gasteiger partial charge < -0.3 is 9.80 Å². The van der Waals surface area contributed by atoms with Crippen LogP contribution in [0.15, 0.2) is 24.5 Å². The molecule has 1 radical (unpaired) electrons. The van der Waals surface area contributed by atoms with E-state index in [1.165, 1.54) is 5.69 Å². The van der Waals surface area contributed by atoms with Crippen LogP contribution in [0.2, 0.25) is 0 Å². The zero-order chi connectivity index (χ0) is 9.10. The van der Waals surface area contributed by atoms with E-state index >= 15 is 0 Å². The fourth-order valence-electron chi connectivity index (χ4n) is 1.55. The van der Waals surface area contributed by atoms with Gasteiger partial charge >= 0.3 is 0 Å². The van der Waals surface area contributed by atoms with Crippen LogP contribution in [-0.2, 0) is 32.7 Å². The normalized spacial score (nSPS) is 17.6. The SMILES string of the molecule is [CH2-]N1CCN(c2cccnc2)CC1.[Y]. The van der Waals surface area contributed by atoms with Crippen LogP contribution in [0, 0.1) is 7.05 Å². The smallest absolute Gasteiger partial charge is 0.0553 e. The molecule has 0 unspecified atom stereocenters. The molecule has 0 saturated carbocycles. The predicted octanol–water partition coefficient (Wildman–Crippen LogP) is 0.993. The summed E-state index contributed by atoms with van der Waals surface area (Å²) in [4.78, 5) is 8.55. The molecule has 0 bridgehead atoms. The van der Waals surface area contributed by atoms with Gasteiger partial charge in [-0.2, -0.15) is 0 Å². The van der Waals surface area contributed by atoms with Gasteiger partial charge in [0.25, 0.3) is 0 Å². The summed E-state index contributed by atoms with van der Waals surface area (Å²) in [5, 5.41) is 0. The van der Waals surface area contributed by atoms with Crippen LogP contribution in [-0.4, -0.2) is 36.1 Å². The minimum Gasteiger partial charge on any atom is -0.456 e. The average molecular weight is 265 g/mol. The molecule has 1 aromatic heterocycles. The van der Waals surface area contributed by atoms with Crippen LogP contribution in [0.5, 0.6) is 0 Å². The molecule has 0 atom stereocenters. The van der Waals surface area contributed by atoms with Crippen molar-refractivity contribution in [3.8, 4) is 0 Å². The number of nitrogens with zero attached hydrogens (tertiary/aromatic N) is 3. The van der Waals surface area contributed by atoms with Gasteiger partial charge in [0.05, 0.1) is 11.9 Å². The molecular weight excluding hydrogens is 251 g/mol. The van der Waals surface area contributed by atoms with E-state index in [9.17, 15) is 0 Å². The molecule has 3 nitrogen and oxygen atoms in total. The minimum absolute atomic E-state index is 0. The predicted molar refractivity (Wildman–Crippen MR) is 53.4 cm³/mol. The molecule has 4 heteroatoms. The summed E-state index contributed by atoms with van der Waals surface area (Å²) >= 11 is 0. The second-order valence-electron chi connectivity index (χ2n) is 3.32. The maximum atomic E-state index is 4.11. The van der Waals surface area contributed by atoms with Gasteiger partial charge in [-0.15, -0.1) is 0 Å². The molecule has 1 aliphatic heterocycles. The Labute approximate surface area is 110 Å². The quantitative estimate of drug-likeness (QED) is 0.706. The molecule has 0 amide bonds. The number of piperazine rings is 1. The van der Waals surface area contributed by atoms with Crippen molar-refractivity contribution >= 4 is 5.69 Å². The number of hydrogen-bond donors (Lipinski definition) is 0. The molecule has 0 N–H and O–H groups in total. The molecule has 73 valence electrons. The molecule has 0 aliphatic carbocycles. The molecule has 0 aromatic carbocycles. The van der Waals surface area contributed by atoms with Crippen molar-refractivity contribution in [2.75, 3.05) is 31.1 Å². The van der Waals surface area contributed by atoms with Crippen LogP contribution < -0.4 is 4.90 Å². The van der Waals surface area contributed by atoms with Gasteiger partial charge in [0.1, 0.15) is 0 Å². The summed E-state index contributed by atoms with van der Waals surface area (Å²) in [6, 6.07) is 4.08. The van der Waals surface area contributed by atoms with Gasteiger partial charge in [0, 0.05) is 52.0 Å². The van der Waals surface area contributed by atoms with E-state index in [1.807, 2.05) is 12.3 Å². The standard InChI is InChI=1S/C10H14N3.Y/c1-12-5-7-13(8-6-12)10-3-2-4-11-9-10;/h2-4,9H,1,5-8H2;/q-1;. The summed E-state index contributed by atoms with van der Waals surface area (Å²) in [7, 11) is 3.92. The zero-order valence-corrected chi connectivity index (χ0v) is 11.1. The molecular formula is C10H14N3Y-. The van der Waals surface area contributed by atoms with Gasteiger partial charge in [0.15, 0.2) is 0 Å². The largest absolute Gasteiger partial charge is 0.456 e. The number of hydrogen-bond acceptors (Lipinski definition) is 3. The van der Waals surface area contributed by atoms with E-state index in [4.69, 9.17) is 0 Å². The van der Waals surface area contributed by atoms with E-state index in [0.717, 1.165) is 26.2 Å². The van der Waals surface area contributed by atoms with Crippen molar-refractivity contribution in [2.45, 2.75) is 0 Å². The molecule has 1 aromatic rings. The maximum Gasteiger partial charge on any atom is 0.0553 e. The Hall–Kier alpha value is 0.0139. The van der Waals surface area contributed by atoms with Crippen molar-refractivity contribution in [1.82, 2.24) is 9.88 Å². The first-order chi connectivity index (χ1) is 6.36. The molecule has 2 rings (SSSR count). The summed E-state index contributed by atoms with van der Waals surface area (Å²) < 4.78 is 0. The first kappa shape index (κ1) is 12.1. The van der Waals surface area contributed by atoms with Crippen LogP contribution in [0.3, 0.4) is 0 Å². The third-order valence-corrected chi connectivity index (χ3v) is 2.38. The van der Waals surface area contributed by atoms with Crippen molar-refractivity contribution in [1.29, 1.82) is 0 Å². The van der Waals surface area contributed by atoms with Crippen molar-refractivity contribution < 1.29 is 32.7 Å². The Kier molecular flexibility index (Phi) is 5.00. The Balaban J connectivity index is 0.000000980. The summed E-state index contributed by atoms with van der Waals surface area (Å²) in [6.45, 7) is 4.17. The number of rotatable bonds is 1. The Morgan fingerprint density at radius 3 is 2.50 bits per heavy atom. The van der Waals surface area contributed by atoms with E-state index in [1.54, 1.807) is 6.20 Å². The first-order valence-corrected chi connectivity index (χ1v) is 4.57. The maximum absolute atomic E-state index is 4.11. The fourth-order valence-corrected chi connectivity index (χ4v) is 1.55. The molecule has 1 saturated heterocycles. The van der Waals surface area contributed by atoms with E-state index in [-0.39, 0.29) is 32.7 Å². The number of anilines is 1. The Morgan fingerprint density at radius 2 is 1.93 bits per heavy atom. The Morgan fingerprint density at radius 1 is 1.21 bits per heavy atom. The van der Waals surface area contributed by atoms with E-state index in [2.05, 4.69) is 27.9 Å². The first-order valence-electron chi connectivity index (χ1n) is 4.57. The zero-order valence-electron chi connectivity index (χ0n) is 8.26. The minimum atomic E-state index is 0. The third-order valence-electron chi connectivity index (χ3n) is 2.38. The third kappa shape index (κ3) is 3.01. The van der Waals surface area contributed by atoms with Gasteiger partial charge in [-0.05, 0) is 25.2 Å². The second kappa shape index (κ2) is 5.79. The van der Waals surface area contributed by atoms with Crippen LogP contribution in [0.25, 0.3) is 0 Å². The van der Waals surface area contributed by atoms with Crippen LogP contribution >= 0.6 is 0 Å². The van der Waals surface area contributed by atoms with Gasteiger partial charge in [0.2, 0.25) is 0 Å². The summed E-state index contributed by atoms with van der Waals surface area (Å²) in [5.74, 6) is 0. The van der Waals surface area contributed by atoms with Crippen LogP contribution in [0.1, 0.15) is 0 Å². The van der Waals surface area contributed by atoms with Crippen LogP contribution in [0.4, 0.5) is 5.69 Å². The van der Waals surface area contributed by atoms with Crippen molar-refractivity contribution in [2.24, 2.45) is 0 Å². The number of pyridine rings is 1. The van der Waals surface area contributed by atoms with Crippen molar-refractivity contribution in [3.63, 3.8) is 0 Å². The fraction of sp³-hybridized carbons (Fsp3) is 0.400. The van der Waals surface area contributed by atoms with Gasteiger partial charge in [-0.3, -0.25) is 12.0 Å². The molecule has 14 heavy (non-hydrogen) atoms. The molecule has 0 spiro atoms. The monoisotopic (exact) mass is 265 g/mol. The van der Waals surface area contributed by atoms with Gasteiger partial charge in [-0.25, -0.2) is 0 Å². The second-order valence-corrected chi connectivity index (χ2v) is 3.32.